The Morgan fingerprint density at radius 3 is 1.43 bits per heavy atom. The van der Waals surface area contributed by atoms with Crippen molar-refractivity contribution in [2.45, 2.75) is 142 Å². The average molecular weight is 691 g/mol. The molecule has 0 saturated heterocycles. The van der Waals surface area contributed by atoms with Gasteiger partial charge in [0.25, 0.3) is 0 Å². The number of nitrogens with one attached hydrogen (secondary N) is 4. The van der Waals surface area contributed by atoms with Crippen molar-refractivity contribution in [3.63, 3.8) is 0 Å². The van der Waals surface area contributed by atoms with Gasteiger partial charge < -0.3 is 35.8 Å². The number of rotatable bonds is 31. The lowest BCUT2D eigenvalue weighted by molar-refractivity contribution is -0.145. The molecule has 11 nitrogen and oxygen atoms in total. The van der Waals surface area contributed by atoms with Crippen LogP contribution in [0.1, 0.15) is 139 Å². The van der Waals surface area contributed by atoms with E-state index in [2.05, 4.69) is 43.7 Å². The van der Waals surface area contributed by atoms with E-state index in [1.54, 1.807) is 0 Å². The summed E-state index contributed by atoms with van der Waals surface area (Å²) in [5, 5.41) is 23.1. The number of aromatic hydroxyl groups is 1. The molecule has 49 heavy (non-hydrogen) atoms. The van der Waals surface area contributed by atoms with Gasteiger partial charge in [-0.2, -0.15) is 0 Å². The molecule has 0 spiro atoms. The molecular weight excluding hydrogens is 624 g/mol. The number of phenolic OH excluding ortho intramolecular Hbond substituents is 1. The first kappa shape index (κ1) is 43.8. The first-order chi connectivity index (χ1) is 23.8. The second-order valence-corrected chi connectivity index (χ2v) is 12.8. The summed E-state index contributed by atoms with van der Waals surface area (Å²) in [6, 6.07) is 4.02. The van der Waals surface area contributed by atoms with Gasteiger partial charge >= 0.3 is 11.9 Å². The van der Waals surface area contributed by atoms with Gasteiger partial charge in [-0.25, -0.2) is 0 Å². The van der Waals surface area contributed by atoms with Gasteiger partial charge in [0.1, 0.15) is 18.6 Å². The topological polar surface area (TPSA) is 155 Å². The van der Waals surface area contributed by atoms with Crippen molar-refractivity contribution in [2.24, 2.45) is 0 Å². The van der Waals surface area contributed by atoms with E-state index < -0.39 is 23.8 Å². The molecule has 0 unspecified atom stereocenters. The first-order valence-electron chi connectivity index (χ1n) is 18.7. The molecular formula is C38H66N4O7. The molecule has 0 saturated carbocycles. The number of hydrogen-bond acceptors (Lipinski definition) is 9. The molecule has 0 aliphatic rings. The lowest BCUT2D eigenvalue weighted by Gasteiger charge is -2.17. The molecule has 0 aliphatic heterocycles. The fourth-order valence-corrected chi connectivity index (χ4v) is 5.71. The molecule has 1 rings (SSSR count). The van der Waals surface area contributed by atoms with Crippen LogP contribution >= 0.6 is 0 Å². The van der Waals surface area contributed by atoms with E-state index in [9.17, 15) is 24.3 Å². The molecule has 0 fully saturated rings. The third kappa shape index (κ3) is 23.0. The van der Waals surface area contributed by atoms with Crippen molar-refractivity contribution in [1.29, 1.82) is 0 Å². The fourth-order valence-electron chi connectivity index (χ4n) is 5.71. The summed E-state index contributed by atoms with van der Waals surface area (Å²) < 4.78 is 9.03. The number of unbranched alkanes of at least 4 members (excludes halogenated alkanes) is 15. The molecule has 5 N–H and O–H groups in total. The predicted molar refractivity (Wildman–Crippen MR) is 194 cm³/mol. The SMILES string of the molecule is CCCCCCCCCCCCCCCCCCc1ccc(CNCCNC(=O)CC(=O)OC)c(O)c1CNCCNC(=O)CC(=O)OC. The summed E-state index contributed by atoms with van der Waals surface area (Å²) in [4.78, 5) is 46.1. The van der Waals surface area contributed by atoms with Crippen LogP contribution in [0.4, 0.5) is 0 Å². The van der Waals surface area contributed by atoms with Crippen molar-refractivity contribution < 1.29 is 33.8 Å². The van der Waals surface area contributed by atoms with Gasteiger partial charge in [-0.05, 0) is 18.4 Å². The van der Waals surface area contributed by atoms with Gasteiger partial charge in [0.05, 0.1) is 14.2 Å². The Kier molecular flexibility index (Phi) is 26.6. The smallest absolute Gasteiger partial charge is 0.315 e. The summed E-state index contributed by atoms with van der Waals surface area (Å²) >= 11 is 0. The highest BCUT2D eigenvalue weighted by Crippen LogP contribution is 2.28. The molecule has 280 valence electrons. The second-order valence-electron chi connectivity index (χ2n) is 12.8. The molecule has 11 heteroatoms. The zero-order chi connectivity index (χ0) is 36.0. The Labute approximate surface area is 295 Å². The Hall–Kier alpha value is -3.18. The summed E-state index contributed by atoms with van der Waals surface area (Å²) in [6.45, 7) is 4.73. The molecule has 0 bridgehead atoms. The highest BCUT2D eigenvalue weighted by Gasteiger charge is 2.14. The average Bonchev–Trinajstić information content (AvgIpc) is 3.09. The fraction of sp³-hybridized carbons (Fsp3) is 0.737. The minimum Gasteiger partial charge on any atom is -0.507 e. The van der Waals surface area contributed by atoms with E-state index in [0.717, 1.165) is 36.0 Å². The van der Waals surface area contributed by atoms with E-state index in [1.807, 2.05) is 6.07 Å². The molecule has 0 radical (unpaired) electrons. The van der Waals surface area contributed by atoms with Crippen molar-refractivity contribution in [3.8, 4) is 5.75 Å². The van der Waals surface area contributed by atoms with E-state index in [-0.39, 0.29) is 18.6 Å². The number of phenols is 1. The van der Waals surface area contributed by atoms with Crippen LogP contribution < -0.4 is 21.3 Å². The van der Waals surface area contributed by atoms with Crippen molar-refractivity contribution in [3.05, 3.63) is 28.8 Å². The maximum absolute atomic E-state index is 11.8. The zero-order valence-corrected chi connectivity index (χ0v) is 30.7. The summed E-state index contributed by atoms with van der Waals surface area (Å²) in [5.74, 6) is -1.72. The molecule has 1 aromatic carbocycles. The lowest BCUT2D eigenvalue weighted by Crippen LogP contribution is -2.33. The van der Waals surface area contributed by atoms with Crippen LogP contribution in [0.2, 0.25) is 0 Å². The third-order valence-corrected chi connectivity index (χ3v) is 8.69. The Morgan fingerprint density at radius 2 is 0.980 bits per heavy atom. The zero-order valence-electron chi connectivity index (χ0n) is 30.7. The normalized spacial score (nSPS) is 10.9. The number of amides is 2. The van der Waals surface area contributed by atoms with E-state index >= 15 is 0 Å². The molecule has 0 atom stereocenters. The number of methoxy groups -OCH3 is 2. The Morgan fingerprint density at radius 1 is 0.571 bits per heavy atom. The summed E-state index contributed by atoms with van der Waals surface area (Å²) in [7, 11) is 2.49. The number of esters is 2. The third-order valence-electron chi connectivity index (χ3n) is 8.69. The monoisotopic (exact) mass is 690 g/mol. The van der Waals surface area contributed by atoms with Gasteiger partial charge in [-0.3, -0.25) is 19.2 Å². The Bertz CT molecular complexity index is 1070. The minimum absolute atomic E-state index is 0.235. The van der Waals surface area contributed by atoms with Crippen LogP contribution in [0.25, 0.3) is 0 Å². The predicted octanol–water partition coefficient (Wildman–Crippen LogP) is 5.73. The van der Waals surface area contributed by atoms with Crippen LogP contribution in [-0.2, 0) is 48.2 Å². The first-order valence-corrected chi connectivity index (χ1v) is 18.7. The van der Waals surface area contributed by atoms with Gasteiger partial charge in [0.15, 0.2) is 0 Å². The van der Waals surface area contributed by atoms with E-state index in [0.29, 0.717) is 39.3 Å². The maximum Gasteiger partial charge on any atom is 0.315 e. The number of benzene rings is 1. The van der Waals surface area contributed by atoms with Gasteiger partial charge in [-0.1, -0.05) is 115 Å². The van der Waals surface area contributed by atoms with Crippen LogP contribution in [-0.4, -0.2) is 69.3 Å². The van der Waals surface area contributed by atoms with Crippen molar-refractivity contribution in [1.82, 2.24) is 21.3 Å². The number of hydrogen-bond donors (Lipinski definition) is 5. The van der Waals surface area contributed by atoms with Crippen molar-refractivity contribution >= 4 is 23.8 Å². The standard InChI is InChI=1S/C38H66N4O7/c1-4-5-6-7-8-9-10-11-12-13-14-15-16-17-18-19-20-31-21-22-32(29-39-23-25-41-34(43)27-36(45)48-2)38(47)33(31)30-40-24-26-42-35(44)28-37(46)49-3/h21-22,39-40,47H,4-20,23-30H2,1-3H3,(H,41,43)(H,42,44). The van der Waals surface area contributed by atoms with Gasteiger partial charge in [-0.15, -0.1) is 0 Å². The number of aryl methyl sites for hydroxylation is 1. The molecule has 1 aromatic rings. The minimum atomic E-state index is -0.584. The van der Waals surface area contributed by atoms with Crippen LogP contribution in [0, 0.1) is 0 Å². The lowest BCUT2D eigenvalue weighted by atomic mass is 9.96. The maximum atomic E-state index is 11.8. The van der Waals surface area contributed by atoms with Gasteiger partial charge in [0, 0.05) is 50.4 Å². The quantitative estimate of drug-likeness (QED) is 0.0373. The molecule has 0 aliphatic carbocycles. The largest absolute Gasteiger partial charge is 0.507 e. The summed E-state index contributed by atoms with van der Waals surface area (Å²) in [6.07, 6.45) is 21.4. The molecule has 2 amide bonds. The van der Waals surface area contributed by atoms with Crippen molar-refractivity contribution in [2.75, 3.05) is 40.4 Å². The number of carbonyl (C=O) groups is 4. The number of ether oxygens (including phenoxy) is 2. The highest BCUT2D eigenvalue weighted by molar-refractivity contribution is 5.94. The molecule has 0 heterocycles. The van der Waals surface area contributed by atoms with E-state index in [1.165, 1.54) is 104 Å². The Balaban J connectivity index is 2.47. The van der Waals surface area contributed by atoms with Gasteiger partial charge in [0.2, 0.25) is 11.8 Å². The second kappa shape index (κ2) is 29.7. The molecule has 0 aromatic heterocycles. The highest BCUT2D eigenvalue weighted by atomic mass is 16.5. The van der Waals surface area contributed by atoms with E-state index in [4.69, 9.17) is 0 Å². The van der Waals surface area contributed by atoms with Crippen LogP contribution in [0.5, 0.6) is 5.75 Å². The van der Waals surface area contributed by atoms with Crippen LogP contribution in [0.15, 0.2) is 12.1 Å². The van der Waals surface area contributed by atoms with Crippen LogP contribution in [0.3, 0.4) is 0 Å². The summed E-state index contributed by atoms with van der Waals surface area (Å²) in [5.41, 5.74) is 2.69. The number of carbonyl (C=O) groups excluding carboxylic acids is 4.